The van der Waals surface area contributed by atoms with Crippen LogP contribution in [0.4, 0.5) is 0 Å². The van der Waals surface area contributed by atoms with Gasteiger partial charge in [0.2, 0.25) is 0 Å². The molecule has 1 aliphatic carbocycles. The van der Waals surface area contributed by atoms with Crippen molar-refractivity contribution in [3.8, 4) is 0 Å². The number of ether oxygens (including phenoxy) is 1. The summed E-state index contributed by atoms with van der Waals surface area (Å²) in [4.78, 5) is 4.64. The third-order valence-corrected chi connectivity index (χ3v) is 6.49. The van der Waals surface area contributed by atoms with Crippen LogP contribution in [0.5, 0.6) is 0 Å². The van der Waals surface area contributed by atoms with Crippen LogP contribution in [0, 0.1) is 11.8 Å². The molecule has 2 aromatic heterocycles. The van der Waals surface area contributed by atoms with Crippen molar-refractivity contribution in [2.24, 2.45) is 11.8 Å². The minimum Gasteiger partial charge on any atom is -0.493 e. The molecule has 6 nitrogen and oxygen atoms in total. The van der Waals surface area contributed by atoms with Crippen LogP contribution in [0.2, 0.25) is 0 Å². The lowest BCUT2D eigenvalue weighted by Gasteiger charge is -2.31. The molecule has 0 spiro atoms. The van der Waals surface area contributed by atoms with Gasteiger partial charge in [-0.2, -0.15) is 0 Å². The van der Waals surface area contributed by atoms with Crippen LogP contribution in [-0.4, -0.2) is 55.3 Å². The first kappa shape index (κ1) is 22.9. The van der Waals surface area contributed by atoms with Gasteiger partial charge in [-0.1, -0.05) is 11.7 Å². The van der Waals surface area contributed by atoms with Gasteiger partial charge in [0.05, 0.1) is 30.4 Å². The number of piperidine rings is 1. The summed E-state index contributed by atoms with van der Waals surface area (Å²) in [5.41, 5.74) is 3.32. The molecule has 0 atom stereocenters. The Morgan fingerprint density at radius 1 is 1.25 bits per heavy atom. The second-order valence-corrected chi connectivity index (χ2v) is 9.61. The topological polar surface area (TPSA) is 54.9 Å². The zero-order valence-corrected chi connectivity index (χ0v) is 19.6. The van der Waals surface area contributed by atoms with E-state index in [-0.39, 0.29) is 0 Å². The first-order chi connectivity index (χ1) is 15.6. The van der Waals surface area contributed by atoms with Crippen molar-refractivity contribution in [2.45, 2.75) is 45.1 Å². The van der Waals surface area contributed by atoms with Gasteiger partial charge in [0.1, 0.15) is 5.76 Å². The molecule has 2 aromatic rings. The molecule has 4 rings (SSSR count). The van der Waals surface area contributed by atoms with Crippen LogP contribution in [0.25, 0.3) is 5.57 Å². The Bertz CT molecular complexity index is 872. The summed E-state index contributed by atoms with van der Waals surface area (Å²) in [6.07, 6.45) is 12.5. The maximum atomic E-state index is 6.08. The van der Waals surface area contributed by atoms with E-state index in [1.165, 1.54) is 31.2 Å². The van der Waals surface area contributed by atoms with Gasteiger partial charge in [0.15, 0.2) is 5.76 Å². The summed E-state index contributed by atoms with van der Waals surface area (Å²) in [5, 5.41) is 4.38. The maximum absolute atomic E-state index is 6.08. The van der Waals surface area contributed by atoms with Crippen LogP contribution >= 0.6 is 0 Å². The lowest BCUT2D eigenvalue weighted by Crippen LogP contribution is -2.33. The second kappa shape index (κ2) is 11.0. The van der Waals surface area contributed by atoms with Crippen LogP contribution in [0.3, 0.4) is 0 Å². The Balaban J connectivity index is 1.30. The SMILES string of the molecule is C=C/C(OCC1CC1)=C(/CN(C)C)c1cc(CCC2CCN(Cc3ccoc3)CC2)no1. The summed E-state index contributed by atoms with van der Waals surface area (Å²) in [5.74, 6) is 3.06. The van der Waals surface area contributed by atoms with Crippen molar-refractivity contribution in [2.75, 3.05) is 40.3 Å². The van der Waals surface area contributed by atoms with Crippen molar-refractivity contribution in [1.82, 2.24) is 15.0 Å². The molecule has 0 bridgehead atoms. The Morgan fingerprint density at radius 3 is 2.72 bits per heavy atom. The van der Waals surface area contributed by atoms with Gasteiger partial charge in [-0.15, -0.1) is 0 Å². The van der Waals surface area contributed by atoms with Gasteiger partial charge < -0.3 is 18.6 Å². The van der Waals surface area contributed by atoms with Crippen molar-refractivity contribution < 1.29 is 13.7 Å². The number of hydrogen-bond donors (Lipinski definition) is 0. The van der Waals surface area contributed by atoms with Crippen molar-refractivity contribution >= 4 is 5.57 Å². The molecule has 0 amide bonds. The normalized spacial score (nSPS) is 18.7. The fraction of sp³-hybridized carbons (Fsp3) is 0.577. The lowest BCUT2D eigenvalue weighted by molar-refractivity contribution is 0.172. The predicted octanol–water partition coefficient (Wildman–Crippen LogP) is 5.00. The van der Waals surface area contributed by atoms with Gasteiger partial charge >= 0.3 is 0 Å². The fourth-order valence-corrected chi connectivity index (χ4v) is 4.35. The van der Waals surface area contributed by atoms with Crippen LogP contribution in [-0.2, 0) is 17.7 Å². The summed E-state index contributed by atoms with van der Waals surface area (Å²) in [7, 11) is 4.11. The molecule has 6 heteroatoms. The molecular weight excluding hydrogens is 402 g/mol. The first-order valence-electron chi connectivity index (χ1n) is 11.9. The number of likely N-dealkylation sites (N-methyl/N-ethyl adjacent to an activating group) is 1. The number of likely N-dealkylation sites (tertiary alicyclic amines) is 1. The highest BCUT2D eigenvalue weighted by Crippen LogP contribution is 2.31. The summed E-state index contributed by atoms with van der Waals surface area (Å²) in [6, 6.07) is 4.15. The van der Waals surface area contributed by atoms with Crippen molar-refractivity contribution in [3.05, 3.63) is 60.1 Å². The highest BCUT2D eigenvalue weighted by molar-refractivity contribution is 5.67. The minimum absolute atomic E-state index is 0.696. The van der Waals surface area contributed by atoms with Gasteiger partial charge in [0.25, 0.3) is 0 Å². The van der Waals surface area contributed by atoms with Crippen molar-refractivity contribution in [3.63, 3.8) is 0 Å². The van der Waals surface area contributed by atoms with E-state index in [1.54, 1.807) is 12.3 Å². The molecule has 174 valence electrons. The standard InChI is InChI=1S/C26H37N3O3/c1-4-25(31-19-21-5-6-21)24(17-28(2)3)26-15-23(27-32-26)8-7-20-9-12-29(13-10-20)16-22-11-14-30-18-22/h4,11,14-15,18,20-21H,1,5-10,12-13,16-17,19H2,2-3H3/b25-24+. The molecule has 3 heterocycles. The smallest absolute Gasteiger partial charge is 0.168 e. The Morgan fingerprint density at radius 2 is 2.06 bits per heavy atom. The Kier molecular flexibility index (Phi) is 7.87. The van der Waals surface area contributed by atoms with Gasteiger partial charge in [-0.25, -0.2) is 0 Å². The van der Waals surface area contributed by atoms with E-state index < -0.39 is 0 Å². The van der Waals surface area contributed by atoms with Crippen molar-refractivity contribution in [1.29, 1.82) is 0 Å². The summed E-state index contributed by atoms with van der Waals surface area (Å²) >= 11 is 0. The number of aryl methyl sites for hydroxylation is 1. The Hall–Kier alpha value is -2.31. The molecule has 1 aliphatic heterocycles. The van der Waals surface area contributed by atoms with E-state index in [4.69, 9.17) is 13.7 Å². The molecule has 1 saturated carbocycles. The fourth-order valence-electron chi connectivity index (χ4n) is 4.35. The zero-order chi connectivity index (χ0) is 22.3. The zero-order valence-electron chi connectivity index (χ0n) is 19.6. The molecule has 0 N–H and O–H groups in total. The van der Waals surface area contributed by atoms with Crippen LogP contribution in [0.15, 0.2) is 52.0 Å². The molecule has 1 saturated heterocycles. The number of nitrogens with zero attached hydrogens (tertiary/aromatic N) is 3. The largest absolute Gasteiger partial charge is 0.493 e. The number of allylic oxidation sites excluding steroid dienone is 1. The van der Waals surface area contributed by atoms with Crippen LogP contribution < -0.4 is 0 Å². The number of rotatable bonds is 12. The molecule has 2 aliphatic rings. The van der Waals surface area contributed by atoms with E-state index in [0.717, 1.165) is 74.3 Å². The molecule has 32 heavy (non-hydrogen) atoms. The van der Waals surface area contributed by atoms with E-state index in [0.29, 0.717) is 5.92 Å². The molecule has 0 aromatic carbocycles. The first-order valence-corrected chi connectivity index (χ1v) is 11.9. The van der Waals surface area contributed by atoms with Gasteiger partial charge in [0, 0.05) is 24.7 Å². The third kappa shape index (κ3) is 6.59. The molecule has 0 radical (unpaired) electrons. The van der Waals surface area contributed by atoms with E-state index >= 15 is 0 Å². The predicted molar refractivity (Wildman–Crippen MR) is 126 cm³/mol. The highest BCUT2D eigenvalue weighted by atomic mass is 16.5. The number of furan rings is 1. The van der Waals surface area contributed by atoms with E-state index in [1.807, 2.05) is 6.26 Å². The molecule has 2 fully saturated rings. The third-order valence-electron chi connectivity index (χ3n) is 6.49. The highest BCUT2D eigenvalue weighted by Gasteiger charge is 2.24. The maximum Gasteiger partial charge on any atom is 0.168 e. The lowest BCUT2D eigenvalue weighted by atomic mass is 9.91. The summed E-state index contributed by atoms with van der Waals surface area (Å²) < 4.78 is 17.0. The Labute approximate surface area is 191 Å². The van der Waals surface area contributed by atoms with Crippen LogP contribution in [0.1, 0.15) is 49.1 Å². The monoisotopic (exact) mass is 439 g/mol. The van der Waals surface area contributed by atoms with E-state index in [9.17, 15) is 0 Å². The quantitative estimate of drug-likeness (QED) is 0.343. The average Bonchev–Trinajstić information content (AvgIpc) is 3.26. The number of aromatic nitrogens is 1. The second-order valence-electron chi connectivity index (χ2n) is 9.61. The summed E-state index contributed by atoms with van der Waals surface area (Å²) in [6.45, 7) is 8.76. The van der Waals surface area contributed by atoms with E-state index in [2.05, 4.69) is 47.8 Å². The minimum atomic E-state index is 0.696. The molecule has 0 unspecified atom stereocenters. The van der Waals surface area contributed by atoms with Gasteiger partial charge in [-0.05, 0) is 89.7 Å². The van der Waals surface area contributed by atoms with Gasteiger partial charge in [-0.3, -0.25) is 4.90 Å². The molecular formula is C26H37N3O3. The number of hydrogen-bond acceptors (Lipinski definition) is 6. The average molecular weight is 440 g/mol.